The quantitative estimate of drug-likeness (QED) is 0.132. The molecule has 4 aromatic rings. The number of hydrogen-bond acceptors (Lipinski definition) is 4. The Morgan fingerprint density at radius 2 is 1.11 bits per heavy atom. The summed E-state index contributed by atoms with van der Waals surface area (Å²) in [6, 6.07) is 32.0. The first-order valence-corrected chi connectivity index (χ1v) is 11.3. The highest BCUT2D eigenvalue weighted by atomic mass is 16.5. The Bertz CT molecular complexity index is 1260. The van der Waals surface area contributed by atoms with E-state index in [-0.39, 0.29) is 5.78 Å². The Balaban J connectivity index is 1.19. The average Bonchev–Trinajstić information content (AvgIpc) is 2.92. The number of carbonyl (C=O) groups is 1. The molecule has 4 heteroatoms. The third-order valence-corrected chi connectivity index (χ3v) is 5.16. The summed E-state index contributed by atoms with van der Waals surface area (Å²) in [7, 11) is 0. The van der Waals surface area contributed by atoms with Gasteiger partial charge in [0.25, 0.3) is 0 Å². The number of carbonyl (C=O) groups excluding carboxylic acids is 1. The predicted octanol–water partition coefficient (Wildman–Crippen LogP) is 7.48. The lowest BCUT2D eigenvalue weighted by Crippen LogP contribution is -2.08. The smallest absolute Gasteiger partial charge is 0.185 e. The maximum absolute atomic E-state index is 12.2. The van der Waals surface area contributed by atoms with Gasteiger partial charge in [-0.25, -0.2) is 0 Å². The molecule has 0 aliphatic rings. The highest BCUT2D eigenvalue weighted by Gasteiger charge is 2.01. The first-order chi connectivity index (χ1) is 17.2. The normalized spacial score (nSPS) is 10.6. The number of ketones is 1. The minimum atomic E-state index is -0.0233. The number of rotatable bonds is 11. The first-order valence-electron chi connectivity index (χ1n) is 11.3. The van der Waals surface area contributed by atoms with E-state index in [2.05, 4.69) is 6.58 Å². The maximum atomic E-state index is 12.2. The number of benzene rings is 4. The molecule has 0 aliphatic carbocycles. The molecule has 0 amide bonds. The molecule has 4 aromatic carbocycles. The molecule has 0 saturated carbocycles. The van der Waals surface area contributed by atoms with Crippen molar-refractivity contribution < 1.29 is 19.0 Å². The maximum Gasteiger partial charge on any atom is 0.185 e. The summed E-state index contributed by atoms with van der Waals surface area (Å²) in [6.45, 7) is 4.58. The van der Waals surface area contributed by atoms with Crippen LogP contribution in [-0.4, -0.2) is 19.0 Å². The molecule has 174 valence electrons. The summed E-state index contributed by atoms with van der Waals surface area (Å²) in [5, 5.41) is 0. The zero-order valence-corrected chi connectivity index (χ0v) is 19.3. The van der Waals surface area contributed by atoms with Gasteiger partial charge in [0.1, 0.15) is 36.2 Å². The Kier molecular flexibility index (Phi) is 8.12. The van der Waals surface area contributed by atoms with E-state index in [4.69, 9.17) is 14.2 Å². The van der Waals surface area contributed by atoms with Crippen LogP contribution in [0.5, 0.6) is 23.0 Å². The summed E-state index contributed by atoms with van der Waals surface area (Å²) < 4.78 is 17.3. The van der Waals surface area contributed by atoms with Crippen LogP contribution in [0.2, 0.25) is 0 Å². The van der Waals surface area contributed by atoms with Crippen LogP contribution in [0.1, 0.15) is 21.5 Å². The Morgan fingerprint density at radius 1 is 0.629 bits per heavy atom. The molecule has 0 aliphatic heterocycles. The van der Waals surface area contributed by atoms with Crippen LogP contribution in [0.25, 0.3) is 12.2 Å². The van der Waals surface area contributed by atoms with Crippen molar-refractivity contribution in [3.05, 3.63) is 132 Å². The zero-order valence-electron chi connectivity index (χ0n) is 19.3. The van der Waals surface area contributed by atoms with E-state index in [0.29, 0.717) is 18.8 Å². The van der Waals surface area contributed by atoms with Crippen LogP contribution in [-0.2, 0) is 0 Å². The number of hydrogen-bond donors (Lipinski definition) is 0. The van der Waals surface area contributed by atoms with Crippen molar-refractivity contribution in [2.75, 3.05) is 13.2 Å². The van der Waals surface area contributed by atoms with Crippen LogP contribution in [0.3, 0.4) is 0 Å². The molecular weight excluding hydrogens is 436 g/mol. The van der Waals surface area contributed by atoms with Gasteiger partial charge in [-0.05, 0) is 65.7 Å². The van der Waals surface area contributed by atoms with Gasteiger partial charge in [-0.1, -0.05) is 73.3 Å². The molecule has 0 spiro atoms. The first kappa shape index (κ1) is 23.6. The van der Waals surface area contributed by atoms with Crippen LogP contribution in [0.4, 0.5) is 0 Å². The van der Waals surface area contributed by atoms with Gasteiger partial charge in [0.05, 0.1) is 0 Å². The van der Waals surface area contributed by atoms with Gasteiger partial charge in [-0.3, -0.25) is 4.79 Å². The summed E-state index contributed by atoms with van der Waals surface area (Å²) in [5.41, 5.74) is 2.65. The van der Waals surface area contributed by atoms with Gasteiger partial charge >= 0.3 is 0 Å². The van der Waals surface area contributed by atoms with Crippen molar-refractivity contribution in [1.29, 1.82) is 0 Å². The molecule has 0 atom stereocenters. The molecule has 0 unspecified atom stereocenters. The summed E-state index contributed by atoms with van der Waals surface area (Å²) in [4.78, 5) is 12.2. The monoisotopic (exact) mass is 462 g/mol. The summed E-state index contributed by atoms with van der Waals surface area (Å²) in [5.74, 6) is 2.96. The van der Waals surface area contributed by atoms with Crippen LogP contribution >= 0.6 is 0 Å². The molecule has 0 fully saturated rings. The predicted molar refractivity (Wildman–Crippen MR) is 140 cm³/mol. The van der Waals surface area contributed by atoms with E-state index in [9.17, 15) is 4.79 Å². The Morgan fingerprint density at radius 3 is 1.69 bits per heavy atom. The molecule has 0 saturated heterocycles. The fraction of sp³-hybridized carbons (Fsp3) is 0.0645. The van der Waals surface area contributed by atoms with E-state index in [0.717, 1.165) is 34.1 Å². The Hall–Kier alpha value is -4.57. The minimum Gasteiger partial charge on any atom is -0.490 e. The topological polar surface area (TPSA) is 44.8 Å². The second kappa shape index (κ2) is 12.1. The van der Waals surface area contributed by atoms with E-state index in [1.807, 2.05) is 91.0 Å². The Labute approximate surface area is 205 Å². The van der Waals surface area contributed by atoms with E-state index in [1.165, 1.54) is 0 Å². The minimum absolute atomic E-state index is 0.0233. The fourth-order valence-corrected chi connectivity index (χ4v) is 3.28. The van der Waals surface area contributed by atoms with Gasteiger partial charge in [0, 0.05) is 5.56 Å². The molecule has 0 heterocycles. The third kappa shape index (κ3) is 7.21. The molecule has 0 aromatic heterocycles. The standard InChI is InChI=1S/C31H26O4/c1-2-24-8-15-29(16-9-24)35-30-19-17-28(18-20-30)34-23-22-33-27-13-10-25(11-14-27)12-21-31(32)26-6-4-3-5-7-26/h2-21H,1,22-23H2/b21-12+. The van der Waals surface area contributed by atoms with Crippen molar-refractivity contribution in [2.45, 2.75) is 0 Å². The third-order valence-electron chi connectivity index (χ3n) is 5.16. The lowest BCUT2D eigenvalue weighted by molar-refractivity contribution is 0.104. The molecule has 0 bridgehead atoms. The zero-order chi connectivity index (χ0) is 24.3. The molecular formula is C31H26O4. The lowest BCUT2D eigenvalue weighted by Gasteiger charge is -2.10. The molecule has 0 N–H and O–H groups in total. The molecule has 0 radical (unpaired) electrons. The van der Waals surface area contributed by atoms with Gasteiger partial charge in [0.2, 0.25) is 0 Å². The highest BCUT2D eigenvalue weighted by molar-refractivity contribution is 6.06. The lowest BCUT2D eigenvalue weighted by atomic mass is 10.1. The molecule has 35 heavy (non-hydrogen) atoms. The second-order valence-electron chi connectivity index (χ2n) is 7.68. The van der Waals surface area contributed by atoms with Crippen molar-refractivity contribution in [1.82, 2.24) is 0 Å². The molecule has 4 nitrogen and oxygen atoms in total. The van der Waals surface area contributed by atoms with Crippen molar-refractivity contribution in [3.63, 3.8) is 0 Å². The average molecular weight is 463 g/mol. The summed E-state index contributed by atoms with van der Waals surface area (Å²) >= 11 is 0. The number of ether oxygens (including phenoxy) is 3. The van der Waals surface area contributed by atoms with Crippen LogP contribution < -0.4 is 14.2 Å². The number of allylic oxidation sites excluding steroid dienone is 1. The van der Waals surface area contributed by atoms with Crippen molar-refractivity contribution in [3.8, 4) is 23.0 Å². The van der Waals surface area contributed by atoms with E-state index in [1.54, 1.807) is 30.4 Å². The largest absolute Gasteiger partial charge is 0.490 e. The van der Waals surface area contributed by atoms with Crippen molar-refractivity contribution >= 4 is 17.9 Å². The second-order valence-corrected chi connectivity index (χ2v) is 7.68. The SMILES string of the molecule is C=Cc1ccc(Oc2ccc(OCCOc3ccc(/C=C/C(=O)c4ccccc4)cc3)cc2)cc1. The van der Waals surface area contributed by atoms with Gasteiger partial charge in [0.15, 0.2) is 5.78 Å². The van der Waals surface area contributed by atoms with Crippen LogP contribution in [0, 0.1) is 0 Å². The van der Waals surface area contributed by atoms with Gasteiger partial charge < -0.3 is 14.2 Å². The highest BCUT2D eigenvalue weighted by Crippen LogP contribution is 2.24. The van der Waals surface area contributed by atoms with Crippen LogP contribution in [0.15, 0.2) is 116 Å². The van der Waals surface area contributed by atoms with E-state index < -0.39 is 0 Å². The van der Waals surface area contributed by atoms with E-state index >= 15 is 0 Å². The van der Waals surface area contributed by atoms with Gasteiger partial charge in [-0.2, -0.15) is 0 Å². The summed E-state index contributed by atoms with van der Waals surface area (Å²) in [6.07, 6.45) is 5.17. The van der Waals surface area contributed by atoms with Gasteiger partial charge in [-0.15, -0.1) is 0 Å². The van der Waals surface area contributed by atoms with Crippen molar-refractivity contribution in [2.24, 2.45) is 0 Å². The fourth-order valence-electron chi connectivity index (χ4n) is 3.28. The molecule has 4 rings (SSSR count).